The van der Waals surface area contributed by atoms with E-state index in [1.165, 1.54) is 12.1 Å². The number of aromatic nitrogens is 2. The molecule has 5 heteroatoms. The topological polar surface area (TPSA) is 29.9 Å². The molecule has 108 valence electrons. The monoisotopic (exact) mass is 302 g/mol. The van der Waals surface area contributed by atoms with Gasteiger partial charge in [-0.25, -0.2) is 4.39 Å². The van der Waals surface area contributed by atoms with Crippen LogP contribution in [0.3, 0.4) is 0 Å². The van der Waals surface area contributed by atoms with E-state index in [-0.39, 0.29) is 11.9 Å². The van der Waals surface area contributed by atoms with Crippen molar-refractivity contribution in [2.45, 2.75) is 20.0 Å². The van der Waals surface area contributed by atoms with E-state index in [0.717, 1.165) is 17.0 Å². The van der Waals surface area contributed by atoms with Gasteiger partial charge in [-0.3, -0.25) is 4.57 Å². The number of hydrogen-bond donors (Lipinski definition) is 1. The fourth-order valence-electron chi connectivity index (χ4n) is 2.29. The molecule has 0 radical (unpaired) electrons. The van der Waals surface area contributed by atoms with Gasteiger partial charge in [0, 0.05) is 5.69 Å². The standard InChI is InChI=1S/C16H15FN2OS/c1-10(2)20-13-6-4-12(5-7-13)19-15-8-3-11(17)9-14(15)18-16(19)21/h3-10H,1-2H3,(H,18,21). The lowest BCUT2D eigenvalue weighted by Crippen LogP contribution is -2.05. The number of nitrogens with zero attached hydrogens (tertiary/aromatic N) is 1. The number of benzene rings is 2. The van der Waals surface area contributed by atoms with Gasteiger partial charge < -0.3 is 9.72 Å². The molecule has 0 atom stereocenters. The lowest BCUT2D eigenvalue weighted by atomic mass is 10.2. The Bertz CT molecular complexity index is 834. The number of H-pyrrole nitrogens is 1. The van der Waals surface area contributed by atoms with Crippen LogP contribution in [0, 0.1) is 10.6 Å². The highest BCUT2D eigenvalue weighted by Gasteiger charge is 2.08. The van der Waals surface area contributed by atoms with Gasteiger partial charge in [0.15, 0.2) is 4.77 Å². The summed E-state index contributed by atoms with van der Waals surface area (Å²) in [4.78, 5) is 3.02. The summed E-state index contributed by atoms with van der Waals surface area (Å²) in [6.45, 7) is 3.97. The molecule has 3 nitrogen and oxygen atoms in total. The minimum atomic E-state index is -0.286. The first kappa shape index (κ1) is 13.8. The molecule has 0 spiro atoms. The van der Waals surface area contributed by atoms with Crippen LogP contribution in [-0.4, -0.2) is 15.7 Å². The number of fused-ring (bicyclic) bond motifs is 1. The maximum atomic E-state index is 13.3. The summed E-state index contributed by atoms with van der Waals surface area (Å²) in [5.41, 5.74) is 2.44. The number of nitrogens with one attached hydrogen (secondary N) is 1. The average Bonchev–Trinajstić information content (AvgIpc) is 2.74. The third-order valence-corrected chi connectivity index (χ3v) is 3.40. The highest BCUT2D eigenvalue weighted by atomic mass is 32.1. The van der Waals surface area contributed by atoms with Crippen LogP contribution in [0.4, 0.5) is 4.39 Å². The first-order valence-corrected chi connectivity index (χ1v) is 7.13. The fourth-order valence-corrected chi connectivity index (χ4v) is 2.60. The Morgan fingerprint density at radius 1 is 1.14 bits per heavy atom. The smallest absolute Gasteiger partial charge is 0.182 e. The van der Waals surface area contributed by atoms with E-state index in [0.29, 0.717) is 10.3 Å². The average molecular weight is 302 g/mol. The number of hydrogen-bond acceptors (Lipinski definition) is 2. The summed E-state index contributed by atoms with van der Waals surface area (Å²) in [5.74, 6) is 0.526. The van der Waals surface area contributed by atoms with Gasteiger partial charge in [-0.2, -0.15) is 0 Å². The maximum Gasteiger partial charge on any atom is 0.182 e. The van der Waals surface area contributed by atoms with E-state index in [4.69, 9.17) is 17.0 Å². The Hall–Kier alpha value is -2.14. The molecule has 0 saturated carbocycles. The highest BCUT2D eigenvalue weighted by Crippen LogP contribution is 2.22. The van der Waals surface area contributed by atoms with Crippen LogP contribution in [0.1, 0.15) is 13.8 Å². The molecule has 2 aromatic carbocycles. The van der Waals surface area contributed by atoms with Crippen molar-refractivity contribution in [2.75, 3.05) is 0 Å². The minimum Gasteiger partial charge on any atom is -0.491 e. The summed E-state index contributed by atoms with van der Waals surface area (Å²) in [6.07, 6.45) is 0.133. The zero-order chi connectivity index (χ0) is 15.0. The molecule has 0 unspecified atom stereocenters. The van der Waals surface area contributed by atoms with Crippen molar-refractivity contribution in [1.29, 1.82) is 0 Å². The molecular weight excluding hydrogens is 287 g/mol. The Kier molecular flexibility index (Phi) is 3.51. The number of aromatic amines is 1. The molecule has 3 rings (SSSR count). The van der Waals surface area contributed by atoms with Gasteiger partial charge in [0.2, 0.25) is 0 Å². The van der Waals surface area contributed by atoms with Crippen molar-refractivity contribution >= 4 is 23.3 Å². The Morgan fingerprint density at radius 3 is 2.52 bits per heavy atom. The van der Waals surface area contributed by atoms with Gasteiger partial charge in [-0.1, -0.05) is 0 Å². The van der Waals surface area contributed by atoms with Gasteiger partial charge in [-0.05, 0) is 68.5 Å². The lowest BCUT2D eigenvalue weighted by molar-refractivity contribution is 0.242. The van der Waals surface area contributed by atoms with Crippen LogP contribution in [0.25, 0.3) is 16.7 Å². The van der Waals surface area contributed by atoms with Crippen molar-refractivity contribution in [3.05, 3.63) is 53.1 Å². The highest BCUT2D eigenvalue weighted by molar-refractivity contribution is 7.71. The van der Waals surface area contributed by atoms with Crippen molar-refractivity contribution in [2.24, 2.45) is 0 Å². The van der Waals surface area contributed by atoms with Gasteiger partial charge in [0.25, 0.3) is 0 Å². The second-order valence-electron chi connectivity index (χ2n) is 5.09. The van der Waals surface area contributed by atoms with Crippen LogP contribution in [0.15, 0.2) is 42.5 Å². The molecule has 0 aliphatic heterocycles. The van der Waals surface area contributed by atoms with Crippen LogP contribution < -0.4 is 4.74 Å². The molecule has 0 saturated heterocycles. The third-order valence-electron chi connectivity index (χ3n) is 3.11. The number of rotatable bonds is 3. The summed E-state index contributed by atoms with van der Waals surface area (Å²) < 4.78 is 21.3. The first-order chi connectivity index (χ1) is 10.0. The summed E-state index contributed by atoms with van der Waals surface area (Å²) >= 11 is 5.33. The molecule has 0 amide bonds. The summed E-state index contributed by atoms with van der Waals surface area (Å²) in [7, 11) is 0. The van der Waals surface area contributed by atoms with E-state index in [1.807, 2.05) is 42.7 Å². The molecule has 0 aliphatic rings. The molecule has 1 heterocycles. The maximum absolute atomic E-state index is 13.3. The van der Waals surface area contributed by atoms with Gasteiger partial charge in [0.1, 0.15) is 11.6 Å². The normalized spacial score (nSPS) is 11.2. The van der Waals surface area contributed by atoms with Crippen LogP contribution in [-0.2, 0) is 0 Å². The SMILES string of the molecule is CC(C)Oc1ccc(-n2c(=S)[nH]c3cc(F)ccc32)cc1. The Morgan fingerprint density at radius 2 is 1.86 bits per heavy atom. The van der Waals surface area contributed by atoms with E-state index in [2.05, 4.69) is 4.98 Å². The third kappa shape index (κ3) is 2.69. The van der Waals surface area contributed by atoms with Crippen molar-refractivity contribution in [3.63, 3.8) is 0 Å². The largest absolute Gasteiger partial charge is 0.491 e. The fraction of sp³-hybridized carbons (Fsp3) is 0.188. The zero-order valence-electron chi connectivity index (χ0n) is 11.8. The predicted molar refractivity (Wildman–Crippen MR) is 84.2 cm³/mol. The van der Waals surface area contributed by atoms with E-state index < -0.39 is 0 Å². The van der Waals surface area contributed by atoms with Crippen LogP contribution >= 0.6 is 12.2 Å². The van der Waals surface area contributed by atoms with E-state index >= 15 is 0 Å². The molecule has 3 aromatic rings. The van der Waals surface area contributed by atoms with E-state index in [9.17, 15) is 4.39 Å². The molecule has 0 bridgehead atoms. The Balaban J connectivity index is 2.08. The molecule has 0 aliphatic carbocycles. The summed E-state index contributed by atoms with van der Waals surface area (Å²) in [5, 5.41) is 0. The Labute approximate surface area is 127 Å². The lowest BCUT2D eigenvalue weighted by Gasteiger charge is -2.10. The van der Waals surface area contributed by atoms with Gasteiger partial charge in [-0.15, -0.1) is 0 Å². The molecule has 1 aromatic heterocycles. The summed E-state index contributed by atoms with van der Waals surface area (Å²) in [6, 6.07) is 12.3. The van der Waals surface area contributed by atoms with Crippen molar-refractivity contribution in [1.82, 2.24) is 9.55 Å². The second kappa shape index (κ2) is 5.33. The first-order valence-electron chi connectivity index (χ1n) is 6.72. The van der Waals surface area contributed by atoms with Gasteiger partial charge >= 0.3 is 0 Å². The molecule has 21 heavy (non-hydrogen) atoms. The number of ether oxygens (including phenoxy) is 1. The molecule has 0 fully saturated rings. The quantitative estimate of drug-likeness (QED) is 0.716. The van der Waals surface area contributed by atoms with Crippen LogP contribution in [0.5, 0.6) is 5.75 Å². The van der Waals surface area contributed by atoms with E-state index in [1.54, 1.807) is 6.07 Å². The predicted octanol–water partition coefficient (Wildman–Crippen LogP) is 4.61. The minimum absolute atomic E-state index is 0.133. The molecule has 1 N–H and O–H groups in total. The van der Waals surface area contributed by atoms with Crippen molar-refractivity contribution < 1.29 is 9.13 Å². The number of imidazole rings is 1. The zero-order valence-corrected chi connectivity index (χ0v) is 12.6. The number of halogens is 1. The van der Waals surface area contributed by atoms with Crippen LogP contribution in [0.2, 0.25) is 0 Å². The van der Waals surface area contributed by atoms with Crippen molar-refractivity contribution in [3.8, 4) is 11.4 Å². The second-order valence-corrected chi connectivity index (χ2v) is 5.47. The van der Waals surface area contributed by atoms with Gasteiger partial charge in [0.05, 0.1) is 17.1 Å². The molecular formula is C16H15FN2OS.